The normalized spacial score (nSPS) is 70.5. The van der Waals surface area contributed by atoms with Gasteiger partial charge in [0.05, 0.1) is 22.5 Å². The van der Waals surface area contributed by atoms with E-state index in [-0.39, 0.29) is 23.0 Å². The molecule has 1 aromatic rings. The van der Waals surface area contributed by atoms with Gasteiger partial charge in [-0.1, -0.05) is 30.3 Å². The lowest BCUT2D eigenvalue weighted by Crippen LogP contribution is -2.81. The number of fused-ring (bicyclic) bond motifs is 1. The first-order chi connectivity index (χ1) is 12.7. The number of benzene rings is 1. The van der Waals surface area contributed by atoms with Gasteiger partial charge in [-0.25, -0.2) is 0 Å². The number of hydrogen-bond donors (Lipinski definition) is 0. The number of carbonyl (C=O) groups excluding carboxylic acids is 2. The lowest BCUT2D eigenvalue weighted by molar-refractivity contribution is -0.309. The Balaban J connectivity index is 1.40. The number of aldehydes is 1. The highest BCUT2D eigenvalue weighted by atomic mass is 16.5. The molecule has 8 saturated carbocycles. The SMILES string of the molecule is O=C[C@@]12[C@H]3C[C@H](C[C@@]31c1ccccc1)[C@@]13O[C@@H]4[C@H]5C[C@H]6[C@@H]4C(=O)[C@]12[C@H]6[C@H]53. The van der Waals surface area contributed by atoms with E-state index in [1.54, 1.807) is 0 Å². The van der Waals surface area contributed by atoms with Gasteiger partial charge >= 0.3 is 0 Å². The average Bonchev–Trinajstić information content (AvgIpc) is 3.05. The molecule has 26 heavy (non-hydrogen) atoms. The van der Waals surface area contributed by atoms with E-state index in [2.05, 4.69) is 30.3 Å². The molecule has 1 heterocycles. The number of ether oxygens (including phenoxy) is 1. The number of rotatable bonds is 2. The summed E-state index contributed by atoms with van der Waals surface area (Å²) < 4.78 is 6.90. The van der Waals surface area contributed by atoms with E-state index in [9.17, 15) is 9.59 Å². The van der Waals surface area contributed by atoms with Crippen molar-refractivity contribution in [3.63, 3.8) is 0 Å². The molecule has 6 bridgehead atoms. The van der Waals surface area contributed by atoms with E-state index in [4.69, 9.17) is 4.74 Å². The molecule has 0 radical (unpaired) electrons. The molecule has 1 aliphatic heterocycles. The molecular weight excluding hydrogens is 324 g/mol. The van der Waals surface area contributed by atoms with Crippen molar-refractivity contribution in [3.05, 3.63) is 35.9 Å². The quantitative estimate of drug-likeness (QED) is 0.774. The van der Waals surface area contributed by atoms with Crippen LogP contribution in [0.25, 0.3) is 0 Å². The van der Waals surface area contributed by atoms with Gasteiger partial charge in [-0.05, 0) is 60.3 Å². The topological polar surface area (TPSA) is 43.4 Å². The zero-order valence-corrected chi connectivity index (χ0v) is 14.4. The second kappa shape index (κ2) is 3.05. The van der Waals surface area contributed by atoms with Gasteiger partial charge in [0.2, 0.25) is 0 Å². The fraction of sp³-hybridized carbons (Fsp3) is 0.652. The largest absolute Gasteiger partial charge is 0.369 e. The summed E-state index contributed by atoms with van der Waals surface area (Å²) >= 11 is 0. The summed E-state index contributed by atoms with van der Waals surface area (Å²) in [5.41, 5.74) is 0.0576. The summed E-state index contributed by atoms with van der Waals surface area (Å²) in [5, 5.41) is 0. The predicted octanol–water partition coefficient (Wildman–Crippen LogP) is 2.38. The molecule has 12 atom stereocenters. The molecular formula is C23H20O3. The van der Waals surface area contributed by atoms with Gasteiger partial charge in [0.25, 0.3) is 0 Å². The maximum atomic E-state index is 14.0. The van der Waals surface area contributed by atoms with Gasteiger partial charge in [-0.3, -0.25) is 4.79 Å². The minimum atomic E-state index is -0.467. The van der Waals surface area contributed by atoms with Crippen molar-refractivity contribution in [3.8, 4) is 0 Å². The molecule has 9 aliphatic rings. The minimum absolute atomic E-state index is 0.0805. The zero-order valence-electron chi connectivity index (χ0n) is 14.4. The van der Waals surface area contributed by atoms with Crippen LogP contribution < -0.4 is 0 Å². The van der Waals surface area contributed by atoms with E-state index in [0.29, 0.717) is 41.3 Å². The van der Waals surface area contributed by atoms with Crippen molar-refractivity contribution in [2.75, 3.05) is 0 Å². The average molecular weight is 344 g/mol. The Morgan fingerprint density at radius 1 is 1.08 bits per heavy atom. The first-order valence-corrected chi connectivity index (χ1v) is 10.5. The molecule has 0 aromatic heterocycles. The third kappa shape index (κ3) is 0.695. The fourth-order valence-corrected chi connectivity index (χ4v) is 11.6. The Bertz CT molecular complexity index is 986. The molecule has 2 spiro atoms. The van der Waals surface area contributed by atoms with Crippen LogP contribution >= 0.6 is 0 Å². The van der Waals surface area contributed by atoms with E-state index < -0.39 is 10.8 Å². The summed E-state index contributed by atoms with van der Waals surface area (Å²) in [6, 6.07) is 10.7. The summed E-state index contributed by atoms with van der Waals surface area (Å²) in [7, 11) is 0. The van der Waals surface area contributed by atoms with Crippen LogP contribution in [0.15, 0.2) is 30.3 Å². The highest BCUT2D eigenvalue weighted by Gasteiger charge is 3.08. The van der Waals surface area contributed by atoms with Crippen LogP contribution in [-0.2, 0) is 19.7 Å². The molecule has 9 fully saturated rings. The number of ketones is 1. The Morgan fingerprint density at radius 3 is 2.73 bits per heavy atom. The smallest absolute Gasteiger partial charge is 0.149 e. The molecule has 3 heteroatoms. The van der Waals surface area contributed by atoms with Crippen LogP contribution in [0.2, 0.25) is 0 Å². The molecule has 10 rings (SSSR count). The van der Waals surface area contributed by atoms with Gasteiger partial charge in [0, 0.05) is 11.3 Å². The van der Waals surface area contributed by atoms with Crippen LogP contribution in [0.1, 0.15) is 24.8 Å². The summed E-state index contributed by atoms with van der Waals surface area (Å²) in [6.45, 7) is 0. The molecule has 0 amide bonds. The summed E-state index contributed by atoms with van der Waals surface area (Å²) in [6.07, 6.45) is 4.83. The van der Waals surface area contributed by atoms with Crippen molar-refractivity contribution < 1.29 is 14.3 Å². The van der Waals surface area contributed by atoms with Crippen molar-refractivity contribution in [1.82, 2.24) is 0 Å². The molecule has 0 N–H and O–H groups in total. The third-order valence-electron chi connectivity index (χ3n) is 11.3. The van der Waals surface area contributed by atoms with Gasteiger partial charge in [-0.2, -0.15) is 0 Å². The van der Waals surface area contributed by atoms with E-state index in [0.717, 1.165) is 12.8 Å². The highest BCUT2D eigenvalue weighted by Crippen LogP contribution is 3.02. The fourth-order valence-electron chi connectivity index (χ4n) is 11.6. The molecule has 0 unspecified atom stereocenters. The second-order valence-corrected chi connectivity index (χ2v) is 10.7. The molecule has 1 saturated heterocycles. The highest BCUT2D eigenvalue weighted by molar-refractivity contribution is 6.03. The van der Waals surface area contributed by atoms with Crippen LogP contribution in [0.3, 0.4) is 0 Å². The monoisotopic (exact) mass is 344 g/mol. The Hall–Kier alpha value is -1.48. The first-order valence-electron chi connectivity index (χ1n) is 10.5. The van der Waals surface area contributed by atoms with Gasteiger partial charge in [0.15, 0.2) is 0 Å². The van der Waals surface area contributed by atoms with E-state index in [1.807, 2.05) is 0 Å². The Kier molecular flexibility index (Phi) is 1.51. The minimum Gasteiger partial charge on any atom is -0.369 e. The van der Waals surface area contributed by atoms with Crippen LogP contribution in [0.5, 0.6) is 0 Å². The number of hydrogen-bond acceptors (Lipinski definition) is 3. The molecule has 3 nitrogen and oxygen atoms in total. The van der Waals surface area contributed by atoms with Crippen LogP contribution in [-0.4, -0.2) is 23.8 Å². The predicted molar refractivity (Wildman–Crippen MR) is 89.9 cm³/mol. The van der Waals surface area contributed by atoms with Crippen molar-refractivity contribution in [1.29, 1.82) is 0 Å². The summed E-state index contributed by atoms with van der Waals surface area (Å²) in [4.78, 5) is 26.9. The van der Waals surface area contributed by atoms with Crippen LogP contribution in [0.4, 0.5) is 0 Å². The molecule has 1 aromatic carbocycles. The second-order valence-electron chi connectivity index (χ2n) is 10.7. The maximum absolute atomic E-state index is 14.0. The van der Waals surface area contributed by atoms with E-state index >= 15 is 0 Å². The lowest BCUT2D eigenvalue weighted by atomic mass is 9.32. The van der Waals surface area contributed by atoms with Gasteiger partial charge in [0.1, 0.15) is 12.1 Å². The Morgan fingerprint density at radius 2 is 1.92 bits per heavy atom. The first kappa shape index (κ1) is 12.8. The van der Waals surface area contributed by atoms with Crippen LogP contribution in [0, 0.1) is 52.3 Å². The summed E-state index contributed by atoms with van der Waals surface area (Å²) in [5.74, 6) is 3.67. The van der Waals surface area contributed by atoms with Crippen molar-refractivity contribution >= 4 is 12.1 Å². The van der Waals surface area contributed by atoms with Gasteiger partial charge in [-0.15, -0.1) is 0 Å². The third-order valence-corrected chi connectivity index (χ3v) is 11.3. The standard InChI is InChI=1S/C23H20O3/c24-9-21-14-6-11(8-20(14,21)10-4-2-1-3-5-10)23-17-13-7-12-15(18(13)26-23)19(25)22(21,23)16(12)17/h1-5,9,11-18H,6-8H2/t11-,12+,13+,14+,15+,16-,17+,18-,20-,21-,22+,23+/m1/s1. The molecule has 8 aliphatic carbocycles. The zero-order chi connectivity index (χ0) is 16.8. The number of carbonyl (C=O) groups is 2. The van der Waals surface area contributed by atoms with Crippen molar-refractivity contribution in [2.45, 2.75) is 36.4 Å². The number of Topliss-reactive ketones (excluding diaryl/α,β-unsaturated/α-hetero) is 1. The van der Waals surface area contributed by atoms with Gasteiger partial charge < -0.3 is 9.53 Å². The Labute approximate surface area is 151 Å². The lowest BCUT2D eigenvalue weighted by Gasteiger charge is -2.72. The van der Waals surface area contributed by atoms with E-state index in [1.165, 1.54) is 18.3 Å². The van der Waals surface area contributed by atoms with Crippen molar-refractivity contribution in [2.24, 2.45) is 52.3 Å². The molecule has 130 valence electrons. The maximum Gasteiger partial charge on any atom is 0.149 e.